The smallest absolute Gasteiger partial charge is 0.222 e. The molecule has 2 N–H and O–H groups in total. The van der Waals surface area contributed by atoms with Gasteiger partial charge in [-0.3, -0.25) is 4.79 Å². The number of piperidine rings is 1. The number of nitrogens with one attached hydrogen (secondary N) is 2. The lowest BCUT2D eigenvalue weighted by Gasteiger charge is -2.33. The number of hydrogen-bond donors (Lipinski definition) is 2. The van der Waals surface area contributed by atoms with Crippen LogP contribution in [-0.4, -0.2) is 48.1 Å². The van der Waals surface area contributed by atoms with Gasteiger partial charge in [-0.25, -0.2) is 0 Å². The Labute approximate surface area is 142 Å². The highest BCUT2D eigenvalue weighted by Crippen LogP contribution is 2.30. The summed E-state index contributed by atoms with van der Waals surface area (Å²) >= 11 is 0. The van der Waals surface area contributed by atoms with Crippen LogP contribution in [0.2, 0.25) is 0 Å². The topological polar surface area (TPSA) is 57.4 Å². The summed E-state index contributed by atoms with van der Waals surface area (Å²) < 4.78 is 5.41. The van der Waals surface area contributed by atoms with Crippen LogP contribution in [0.4, 0.5) is 0 Å². The van der Waals surface area contributed by atoms with Crippen LogP contribution in [0.1, 0.15) is 31.2 Å². The Bertz CT molecular complexity index is 735. The minimum absolute atomic E-state index is 0.347. The van der Waals surface area contributed by atoms with Gasteiger partial charge in [-0.1, -0.05) is 12.1 Å². The molecule has 1 amide bonds. The van der Waals surface area contributed by atoms with Crippen molar-refractivity contribution in [3.05, 3.63) is 30.0 Å². The first-order valence-corrected chi connectivity index (χ1v) is 8.92. The van der Waals surface area contributed by atoms with Gasteiger partial charge in [-0.2, -0.15) is 0 Å². The van der Waals surface area contributed by atoms with Crippen molar-refractivity contribution in [2.24, 2.45) is 0 Å². The first-order chi connectivity index (χ1) is 11.8. The number of aromatic nitrogens is 1. The zero-order chi connectivity index (χ0) is 16.5. The Morgan fingerprint density at radius 2 is 2.21 bits per heavy atom. The van der Waals surface area contributed by atoms with Crippen molar-refractivity contribution in [2.75, 3.05) is 20.2 Å². The van der Waals surface area contributed by atoms with E-state index in [2.05, 4.69) is 27.5 Å². The van der Waals surface area contributed by atoms with E-state index in [0.29, 0.717) is 24.4 Å². The van der Waals surface area contributed by atoms with Gasteiger partial charge in [0.1, 0.15) is 5.75 Å². The minimum atomic E-state index is 0.347. The Morgan fingerprint density at radius 1 is 1.33 bits per heavy atom. The summed E-state index contributed by atoms with van der Waals surface area (Å²) in [7, 11) is 1.70. The number of fused-ring (bicyclic) bond motifs is 1. The summed E-state index contributed by atoms with van der Waals surface area (Å²) in [5.74, 6) is 1.23. The number of benzene rings is 1. The van der Waals surface area contributed by atoms with E-state index in [1.807, 2.05) is 12.1 Å². The zero-order valence-electron chi connectivity index (χ0n) is 14.2. The molecule has 5 heteroatoms. The number of para-hydroxylation sites is 1. The molecule has 0 spiro atoms. The summed E-state index contributed by atoms with van der Waals surface area (Å²) in [5, 5.41) is 4.88. The van der Waals surface area contributed by atoms with E-state index in [4.69, 9.17) is 4.74 Å². The van der Waals surface area contributed by atoms with Gasteiger partial charge in [0.2, 0.25) is 5.91 Å². The van der Waals surface area contributed by atoms with E-state index < -0.39 is 0 Å². The van der Waals surface area contributed by atoms with Crippen LogP contribution in [0.25, 0.3) is 10.9 Å². The molecule has 0 bridgehead atoms. The van der Waals surface area contributed by atoms with Crippen LogP contribution in [0.3, 0.4) is 0 Å². The molecule has 2 aliphatic rings. The van der Waals surface area contributed by atoms with Crippen LogP contribution in [0.15, 0.2) is 24.4 Å². The van der Waals surface area contributed by atoms with Crippen LogP contribution in [0.5, 0.6) is 5.75 Å². The molecular formula is C19H25N3O2. The second kappa shape index (κ2) is 6.48. The Kier molecular flexibility index (Phi) is 4.19. The number of carbonyl (C=O) groups is 1. The Morgan fingerprint density at radius 3 is 3.00 bits per heavy atom. The molecule has 2 aromatic rings. The molecule has 2 fully saturated rings. The number of aromatic amines is 1. The Hall–Kier alpha value is -2.01. The van der Waals surface area contributed by atoms with Crippen LogP contribution in [-0.2, 0) is 11.2 Å². The third-order valence-electron chi connectivity index (χ3n) is 5.24. The fourth-order valence-electron chi connectivity index (χ4n) is 3.75. The predicted molar refractivity (Wildman–Crippen MR) is 94.3 cm³/mol. The molecule has 0 radical (unpaired) electrons. The first kappa shape index (κ1) is 15.5. The molecule has 1 aliphatic heterocycles. The van der Waals surface area contributed by atoms with Crippen LogP contribution < -0.4 is 10.1 Å². The van der Waals surface area contributed by atoms with E-state index in [-0.39, 0.29) is 0 Å². The average Bonchev–Trinajstić information content (AvgIpc) is 3.37. The van der Waals surface area contributed by atoms with Gasteiger partial charge in [-0.05, 0) is 43.9 Å². The maximum absolute atomic E-state index is 12.0. The summed E-state index contributed by atoms with van der Waals surface area (Å²) in [4.78, 5) is 17.4. The van der Waals surface area contributed by atoms with Crippen molar-refractivity contribution < 1.29 is 9.53 Å². The van der Waals surface area contributed by atoms with Crippen molar-refractivity contribution in [3.8, 4) is 5.75 Å². The fraction of sp³-hybridized carbons (Fsp3) is 0.526. The molecule has 1 saturated heterocycles. The van der Waals surface area contributed by atoms with Crippen molar-refractivity contribution >= 4 is 16.8 Å². The van der Waals surface area contributed by atoms with Gasteiger partial charge in [0.25, 0.3) is 0 Å². The molecule has 1 aromatic heterocycles. The molecule has 1 saturated carbocycles. The number of rotatable bonds is 6. The van der Waals surface area contributed by atoms with E-state index in [1.54, 1.807) is 7.11 Å². The van der Waals surface area contributed by atoms with E-state index in [0.717, 1.165) is 37.2 Å². The number of likely N-dealkylation sites (tertiary alicyclic amines) is 1. The molecular weight excluding hydrogens is 302 g/mol. The van der Waals surface area contributed by atoms with Gasteiger partial charge < -0.3 is 19.9 Å². The van der Waals surface area contributed by atoms with Crippen molar-refractivity contribution in [2.45, 2.75) is 44.2 Å². The molecule has 2 heterocycles. The summed E-state index contributed by atoms with van der Waals surface area (Å²) in [6.07, 6.45) is 7.09. The largest absolute Gasteiger partial charge is 0.495 e. The third kappa shape index (κ3) is 3.00. The summed E-state index contributed by atoms with van der Waals surface area (Å²) in [6.45, 7) is 1.81. The van der Waals surface area contributed by atoms with Crippen molar-refractivity contribution in [1.82, 2.24) is 15.2 Å². The number of nitrogens with zero attached hydrogens (tertiary/aromatic N) is 1. The van der Waals surface area contributed by atoms with Crippen LogP contribution >= 0.6 is 0 Å². The van der Waals surface area contributed by atoms with Crippen molar-refractivity contribution in [3.63, 3.8) is 0 Å². The minimum Gasteiger partial charge on any atom is -0.495 e. The van der Waals surface area contributed by atoms with Gasteiger partial charge in [0, 0.05) is 36.6 Å². The standard InChI is InChI=1S/C19H25N3O2/c1-24-17-4-2-3-16-13(11-21-19(16)17)9-10-20-14-5-8-18(23)22(12-14)15-6-7-15/h2-4,11,14-15,20-21H,5-10,12H2,1H3. The van der Waals surface area contributed by atoms with E-state index >= 15 is 0 Å². The number of methoxy groups -OCH3 is 1. The lowest BCUT2D eigenvalue weighted by molar-refractivity contribution is -0.134. The third-order valence-corrected chi connectivity index (χ3v) is 5.24. The lowest BCUT2D eigenvalue weighted by atomic mass is 10.0. The molecule has 5 nitrogen and oxygen atoms in total. The molecule has 1 aromatic carbocycles. The fourth-order valence-corrected chi connectivity index (χ4v) is 3.75. The molecule has 1 aliphatic carbocycles. The summed E-state index contributed by atoms with van der Waals surface area (Å²) in [6, 6.07) is 7.11. The van der Waals surface area contributed by atoms with E-state index in [9.17, 15) is 4.79 Å². The van der Waals surface area contributed by atoms with Gasteiger partial charge >= 0.3 is 0 Å². The maximum Gasteiger partial charge on any atom is 0.222 e. The number of amides is 1. The molecule has 24 heavy (non-hydrogen) atoms. The molecule has 1 atom stereocenters. The maximum atomic E-state index is 12.0. The normalized spacial score (nSPS) is 21.5. The number of hydrogen-bond acceptors (Lipinski definition) is 3. The molecule has 4 rings (SSSR count). The van der Waals surface area contributed by atoms with Gasteiger partial charge in [-0.15, -0.1) is 0 Å². The average molecular weight is 327 g/mol. The highest BCUT2D eigenvalue weighted by Gasteiger charge is 2.36. The zero-order valence-corrected chi connectivity index (χ0v) is 14.2. The predicted octanol–water partition coefficient (Wildman–Crippen LogP) is 2.46. The highest BCUT2D eigenvalue weighted by molar-refractivity contribution is 5.88. The van der Waals surface area contributed by atoms with Gasteiger partial charge in [0.05, 0.1) is 12.6 Å². The monoisotopic (exact) mass is 327 g/mol. The number of ether oxygens (including phenoxy) is 1. The quantitative estimate of drug-likeness (QED) is 0.857. The van der Waals surface area contributed by atoms with Crippen LogP contribution in [0, 0.1) is 0 Å². The number of H-pyrrole nitrogens is 1. The SMILES string of the molecule is COc1cccc2c(CCNC3CCC(=O)N(C4CC4)C3)c[nH]c12. The lowest BCUT2D eigenvalue weighted by Crippen LogP contribution is -2.49. The number of carbonyl (C=O) groups excluding carboxylic acids is 1. The Balaban J connectivity index is 1.35. The highest BCUT2D eigenvalue weighted by atomic mass is 16.5. The van der Waals surface area contributed by atoms with Gasteiger partial charge in [0.15, 0.2) is 0 Å². The second-order valence-electron chi connectivity index (χ2n) is 6.91. The molecule has 128 valence electrons. The summed E-state index contributed by atoms with van der Waals surface area (Å²) in [5.41, 5.74) is 2.38. The molecule has 1 unspecified atom stereocenters. The second-order valence-corrected chi connectivity index (χ2v) is 6.91. The van der Waals surface area contributed by atoms with Crippen molar-refractivity contribution in [1.29, 1.82) is 0 Å². The van der Waals surface area contributed by atoms with E-state index in [1.165, 1.54) is 23.8 Å². The first-order valence-electron chi connectivity index (χ1n) is 8.92.